The lowest BCUT2D eigenvalue weighted by atomic mass is 9.99. The summed E-state index contributed by atoms with van der Waals surface area (Å²) in [5.74, 6) is 0.825. The molecule has 1 aromatic heterocycles. The normalized spacial score (nSPS) is 12.1. The molecule has 4 heteroatoms. The standard InChI is InChI=1S/C16H20N2O2/c1-19-10-11-20-16-5-3-2-4-14(16)15(17)12-13-6-8-18-9-7-13/h2-9,15H,10-12,17H2,1H3. The van der Waals surface area contributed by atoms with Gasteiger partial charge in [0.1, 0.15) is 12.4 Å². The number of para-hydroxylation sites is 1. The molecule has 0 aliphatic carbocycles. The molecule has 0 bridgehead atoms. The number of benzene rings is 1. The molecule has 106 valence electrons. The monoisotopic (exact) mass is 272 g/mol. The van der Waals surface area contributed by atoms with E-state index < -0.39 is 0 Å². The average Bonchev–Trinajstić information content (AvgIpc) is 2.49. The van der Waals surface area contributed by atoms with Crippen molar-refractivity contribution in [2.75, 3.05) is 20.3 Å². The van der Waals surface area contributed by atoms with Crippen LogP contribution in [0.25, 0.3) is 0 Å². The molecular formula is C16H20N2O2. The van der Waals surface area contributed by atoms with Gasteiger partial charge in [-0.05, 0) is 30.2 Å². The first-order chi connectivity index (χ1) is 9.81. The predicted molar refractivity (Wildman–Crippen MR) is 78.7 cm³/mol. The fourth-order valence-corrected chi connectivity index (χ4v) is 2.04. The van der Waals surface area contributed by atoms with E-state index in [1.54, 1.807) is 19.5 Å². The van der Waals surface area contributed by atoms with Crippen LogP contribution < -0.4 is 10.5 Å². The van der Waals surface area contributed by atoms with Crippen molar-refractivity contribution in [2.45, 2.75) is 12.5 Å². The Kier molecular flexibility index (Phi) is 5.53. The number of nitrogens with two attached hydrogens (primary N) is 1. The molecule has 0 radical (unpaired) electrons. The van der Waals surface area contributed by atoms with Gasteiger partial charge in [-0.3, -0.25) is 4.98 Å². The van der Waals surface area contributed by atoms with E-state index in [4.69, 9.17) is 15.2 Å². The number of rotatable bonds is 7. The van der Waals surface area contributed by atoms with Crippen LogP contribution in [0.4, 0.5) is 0 Å². The van der Waals surface area contributed by atoms with Gasteiger partial charge in [-0.25, -0.2) is 0 Å². The summed E-state index contributed by atoms with van der Waals surface area (Å²) in [4.78, 5) is 4.01. The zero-order chi connectivity index (χ0) is 14.2. The van der Waals surface area contributed by atoms with Crippen LogP contribution in [-0.4, -0.2) is 25.3 Å². The first kappa shape index (κ1) is 14.5. The topological polar surface area (TPSA) is 57.4 Å². The number of hydrogen-bond donors (Lipinski definition) is 1. The summed E-state index contributed by atoms with van der Waals surface area (Å²) in [6, 6.07) is 11.7. The highest BCUT2D eigenvalue weighted by Gasteiger charge is 2.12. The highest BCUT2D eigenvalue weighted by Crippen LogP contribution is 2.25. The Balaban J connectivity index is 2.07. The van der Waals surface area contributed by atoms with Crippen molar-refractivity contribution in [1.82, 2.24) is 4.98 Å². The van der Waals surface area contributed by atoms with Gasteiger partial charge in [0.15, 0.2) is 0 Å². The van der Waals surface area contributed by atoms with Crippen molar-refractivity contribution in [3.05, 3.63) is 59.9 Å². The minimum atomic E-state index is -0.101. The van der Waals surface area contributed by atoms with E-state index in [2.05, 4.69) is 4.98 Å². The third-order valence-electron chi connectivity index (χ3n) is 3.07. The summed E-state index contributed by atoms with van der Waals surface area (Å²) < 4.78 is 10.7. The highest BCUT2D eigenvalue weighted by molar-refractivity contribution is 5.36. The van der Waals surface area contributed by atoms with Crippen molar-refractivity contribution in [2.24, 2.45) is 5.73 Å². The van der Waals surface area contributed by atoms with Crippen molar-refractivity contribution >= 4 is 0 Å². The molecule has 20 heavy (non-hydrogen) atoms. The zero-order valence-corrected chi connectivity index (χ0v) is 11.7. The Morgan fingerprint density at radius 3 is 2.60 bits per heavy atom. The molecule has 1 heterocycles. The second-order valence-electron chi connectivity index (χ2n) is 4.55. The van der Waals surface area contributed by atoms with Crippen LogP contribution >= 0.6 is 0 Å². The SMILES string of the molecule is COCCOc1ccccc1C(N)Cc1ccncc1. The third kappa shape index (κ3) is 4.05. The summed E-state index contributed by atoms with van der Waals surface area (Å²) in [5.41, 5.74) is 8.48. The average molecular weight is 272 g/mol. The number of aromatic nitrogens is 1. The number of methoxy groups -OCH3 is 1. The predicted octanol–water partition coefficient (Wildman–Crippen LogP) is 2.35. The lowest BCUT2D eigenvalue weighted by Gasteiger charge is -2.17. The molecule has 0 saturated heterocycles. The Bertz CT molecular complexity index is 517. The second kappa shape index (κ2) is 7.62. The molecular weight excluding hydrogens is 252 g/mol. The van der Waals surface area contributed by atoms with E-state index in [0.29, 0.717) is 13.2 Å². The van der Waals surface area contributed by atoms with Gasteiger partial charge in [0.25, 0.3) is 0 Å². The first-order valence-electron chi connectivity index (χ1n) is 6.66. The Morgan fingerprint density at radius 1 is 1.10 bits per heavy atom. The van der Waals surface area contributed by atoms with Crippen LogP contribution in [0.1, 0.15) is 17.2 Å². The minimum Gasteiger partial charge on any atom is -0.491 e. The van der Waals surface area contributed by atoms with Gasteiger partial charge < -0.3 is 15.2 Å². The summed E-state index contributed by atoms with van der Waals surface area (Å²) in [5, 5.41) is 0. The van der Waals surface area contributed by atoms with E-state index in [9.17, 15) is 0 Å². The number of pyridine rings is 1. The molecule has 1 unspecified atom stereocenters. The Morgan fingerprint density at radius 2 is 1.85 bits per heavy atom. The summed E-state index contributed by atoms with van der Waals surface area (Å²) in [6.07, 6.45) is 4.32. The summed E-state index contributed by atoms with van der Waals surface area (Å²) in [7, 11) is 1.66. The largest absolute Gasteiger partial charge is 0.491 e. The lowest BCUT2D eigenvalue weighted by Crippen LogP contribution is -2.15. The first-order valence-corrected chi connectivity index (χ1v) is 6.66. The van der Waals surface area contributed by atoms with Crippen LogP contribution in [-0.2, 0) is 11.2 Å². The minimum absolute atomic E-state index is 0.101. The van der Waals surface area contributed by atoms with Gasteiger partial charge in [0.2, 0.25) is 0 Å². The van der Waals surface area contributed by atoms with Crippen molar-refractivity contribution in [3.8, 4) is 5.75 Å². The van der Waals surface area contributed by atoms with Gasteiger partial charge in [-0.15, -0.1) is 0 Å². The molecule has 2 aromatic rings. The van der Waals surface area contributed by atoms with Crippen LogP contribution in [0.5, 0.6) is 5.75 Å². The van der Waals surface area contributed by atoms with E-state index in [0.717, 1.165) is 17.7 Å². The molecule has 1 atom stereocenters. The lowest BCUT2D eigenvalue weighted by molar-refractivity contribution is 0.145. The maximum atomic E-state index is 6.30. The molecule has 4 nitrogen and oxygen atoms in total. The van der Waals surface area contributed by atoms with Crippen LogP contribution in [0.15, 0.2) is 48.8 Å². The maximum Gasteiger partial charge on any atom is 0.124 e. The van der Waals surface area contributed by atoms with Crippen LogP contribution in [0.2, 0.25) is 0 Å². The third-order valence-corrected chi connectivity index (χ3v) is 3.07. The van der Waals surface area contributed by atoms with Gasteiger partial charge in [-0.1, -0.05) is 18.2 Å². The molecule has 2 N–H and O–H groups in total. The molecule has 0 saturated carbocycles. The molecule has 1 aromatic carbocycles. The highest BCUT2D eigenvalue weighted by atomic mass is 16.5. The number of hydrogen-bond acceptors (Lipinski definition) is 4. The smallest absolute Gasteiger partial charge is 0.124 e. The van der Waals surface area contributed by atoms with E-state index >= 15 is 0 Å². The van der Waals surface area contributed by atoms with Crippen molar-refractivity contribution < 1.29 is 9.47 Å². The van der Waals surface area contributed by atoms with Crippen molar-refractivity contribution in [3.63, 3.8) is 0 Å². The number of ether oxygens (including phenoxy) is 2. The second-order valence-corrected chi connectivity index (χ2v) is 4.55. The molecule has 0 aliphatic heterocycles. The number of nitrogens with zero attached hydrogens (tertiary/aromatic N) is 1. The fourth-order valence-electron chi connectivity index (χ4n) is 2.04. The summed E-state index contributed by atoms with van der Waals surface area (Å²) in [6.45, 7) is 1.09. The Labute approximate surface area is 119 Å². The van der Waals surface area contributed by atoms with Gasteiger partial charge in [0, 0.05) is 31.1 Å². The summed E-state index contributed by atoms with van der Waals surface area (Å²) >= 11 is 0. The molecule has 2 rings (SSSR count). The Hall–Kier alpha value is -1.91. The maximum absolute atomic E-state index is 6.30. The van der Waals surface area contributed by atoms with Crippen molar-refractivity contribution in [1.29, 1.82) is 0 Å². The molecule has 0 spiro atoms. The van der Waals surface area contributed by atoms with Gasteiger partial charge in [0.05, 0.1) is 6.61 Å². The van der Waals surface area contributed by atoms with E-state index in [-0.39, 0.29) is 6.04 Å². The van der Waals surface area contributed by atoms with E-state index in [1.165, 1.54) is 5.56 Å². The molecule has 0 amide bonds. The van der Waals surface area contributed by atoms with Crippen LogP contribution in [0, 0.1) is 0 Å². The van der Waals surface area contributed by atoms with E-state index in [1.807, 2.05) is 36.4 Å². The quantitative estimate of drug-likeness (QED) is 0.786. The van der Waals surface area contributed by atoms with Gasteiger partial charge in [-0.2, -0.15) is 0 Å². The fraction of sp³-hybridized carbons (Fsp3) is 0.312. The molecule has 0 fully saturated rings. The van der Waals surface area contributed by atoms with Crippen LogP contribution in [0.3, 0.4) is 0 Å². The van der Waals surface area contributed by atoms with Gasteiger partial charge >= 0.3 is 0 Å². The molecule has 0 aliphatic rings. The zero-order valence-electron chi connectivity index (χ0n) is 11.7.